The number of aryl methyl sites for hydroxylation is 1. The van der Waals surface area contributed by atoms with E-state index in [-0.39, 0.29) is 11.6 Å². The second kappa shape index (κ2) is 10.9. The molecule has 2 rings (SSSR count). The molecule has 7 nitrogen and oxygen atoms in total. The van der Waals surface area contributed by atoms with Gasteiger partial charge in [-0.3, -0.25) is 0 Å². The number of hydrogen-bond donors (Lipinski definition) is 1. The molecular weight excluding hydrogens is 379 g/mol. The maximum atomic E-state index is 14.0. The summed E-state index contributed by atoms with van der Waals surface area (Å²) in [5, 5.41) is 11.6. The molecule has 0 unspecified atom stereocenters. The second-order valence-corrected chi connectivity index (χ2v) is 7.45. The Bertz CT molecular complexity index is 795. The molecule has 0 aliphatic carbocycles. The van der Waals surface area contributed by atoms with Crippen LogP contribution in [0.4, 0.5) is 4.39 Å². The summed E-state index contributed by atoms with van der Waals surface area (Å²) >= 11 is 1.82. The SMILES string of the molecule is COc1ccc(CN(C)C(=NCc2nnc(C)n2C)NCCCSC)cc1F. The van der Waals surface area contributed by atoms with Gasteiger partial charge in [0.25, 0.3) is 0 Å². The molecule has 0 fully saturated rings. The van der Waals surface area contributed by atoms with Crippen LogP contribution in [0.3, 0.4) is 0 Å². The van der Waals surface area contributed by atoms with E-state index in [0.717, 1.165) is 41.9 Å². The van der Waals surface area contributed by atoms with Crippen molar-refractivity contribution in [2.45, 2.75) is 26.4 Å². The molecule has 1 N–H and O–H groups in total. The van der Waals surface area contributed by atoms with Gasteiger partial charge in [-0.1, -0.05) is 6.07 Å². The van der Waals surface area contributed by atoms with Gasteiger partial charge in [0.05, 0.1) is 7.11 Å². The lowest BCUT2D eigenvalue weighted by Crippen LogP contribution is -2.39. The zero-order valence-electron chi connectivity index (χ0n) is 17.2. The van der Waals surface area contributed by atoms with Crippen molar-refractivity contribution in [1.29, 1.82) is 0 Å². The minimum absolute atomic E-state index is 0.244. The van der Waals surface area contributed by atoms with E-state index in [1.54, 1.807) is 6.07 Å². The normalized spacial score (nSPS) is 11.6. The zero-order chi connectivity index (χ0) is 20.5. The first kappa shape index (κ1) is 22.0. The number of guanidine groups is 1. The van der Waals surface area contributed by atoms with Crippen LogP contribution in [0.25, 0.3) is 0 Å². The number of rotatable bonds is 9. The highest BCUT2D eigenvalue weighted by Gasteiger charge is 2.11. The third-order valence-corrected chi connectivity index (χ3v) is 5.06. The number of hydrogen-bond acceptors (Lipinski definition) is 5. The molecule has 154 valence electrons. The first-order chi connectivity index (χ1) is 13.5. The second-order valence-electron chi connectivity index (χ2n) is 6.46. The van der Waals surface area contributed by atoms with Crippen LogP contribution in [0.1, 0.15) is 23.6 Å². The fraction of sp³-hybridized carbons (Fsp3) is 0.526. The van der Waals surface area contributed by atoms with E-state index in [2.05, 4.69) is 21.8 Å². The summed E-state index contributed by atoms with van der Waals surface area (Å²) in [6.45, 7) is 3.67. The molecule has 9 heteroatoms. The molecule has 0 saturated carbocycles. The van der Waals surface area contributed by atoms with E-state index in [4.69, 9.17) is 9.73 Å². The largest absolute Gasteiger partial charge is 0.494 e. The van der Waals surface area contributed by atoms with Crippen molar-refractivity contribution in [2.75, 3.05) is 32.7 Å². The molecule has 0 radical (unpaired) electrons. The van der Waals surface area contributed by atoms with Gasteiger partial charge in [-0.25, -0.2) is 9.38 Å². The van der Waals surface area contributed by atoms with Gasteiger partial charge >= 0.3 is 0 Å². The van der Waals surface area contributed by atoms with Crippen molar-refractivity contribution in [3.8, 4) is 5.75 Å². The van der Waals surface area contributed by atoms with E-state index in [1.807, 2.05) is 48.3 Å². The lowest BCUT2D eigenvalue weighted by molar-refractivity contribution is 0.385. The van der Waals surface area contributed by atoms with Crippen LogP contribution >= 0.6 is 11.8 Å². The number of methoxy groups -OCH3 is 1. The molecule has 1 aromatic heterocycles. The summed E-state index contributed by atoms with van der Waals surface area (Å²) in [5.74, 6) is 3.35. The lowest BCUT2D eigenvalue weighted by Gasteiger charge is -2.23. The van der Waals surface area contributed by atoms with Gasteiger partial charge in [0, 0.05) is 27.2 Å². The van der Waals surface area contributed by atoms with Gasteiger partial charge in [0.1, 0.15) is 12.4 Å². The summed E-state index contributed by atoms with van der Waals surface area (Å²) in [6.07, 6.45) is 3.13. The molecule has 0 saturated heterocycles. The molecule has 0 bridgehead atoms. The van der Waals surface area contributed by atoms with Crippen LogP contribution in [0.15, 0.2) is 23.2 Å². The Balaban J connectivity index is 2.10. The molecule has 1 heterocycles. The number of halogens is 1. The number of thioether (sulfide) groups is 1. The molecule has 0 spiro atoms. The smallest absolute Gasteiger partial charge is 0.194 e. The van der Waals surface area contributed by atoms with Crippen LogP contribution < -0.4 is 10.1 Å². The standard InChI is InChI=1S/C19H29FN6OS/c1-14-23-24-18(26(14)3)12-22-19(21-9-6-10-28-5)25(2)13-15-7-8-17(27-4)16(20)11-15/h7-8,11H,6,9-10,12-13H2,1-5H3,(H,21,22). The number of nitrogens with zero attached hydrogens (tertiary/aromatic N) is 5. The summed E-state index contributed by atoms with van der Waals surface area (Å²) in [4.78, 5) is 6.68. The number of aliphatic imine (C=N–C) groups is 1. The fourth-order valence-corrected chi connectivity index (χ4v) is 3.05. The van der Waals surface area contributed by atoms with Crippen LogP contribution in [0.2, 0.25) is 0 Å². The van der Waals surface area contributed by atoms with Crippen molar-refractivity contribution >= 4 is 17.7 Å². The van der Waals surface area contributed by atoms with Crippen LogP contribution in [0.5, 0.6) is 5.75 Å². The van der Waals surface area contributed by atoms with Crippen molar-refractivity contribution in [3.05, 3.63) is 41.2 Å². The highest BCUT2D eigenvalue weighted by molar-refractivity contribution is 7.98. The molecule has 0 atom stereocenters. The van der Waals surface area contributed by atoms with Crippen molar-refractivity contribution < 1.29 is 9.13 Å². The Morgan fingerprint density at radius 1 is 1.39 bits per heavy atom. The summed E-state index contributed by atoms with van der Waals surface area (Å²) in [6, 6.07) is 4.99. The monoisotopic (exact) mass is 408 g/mol. The van der Waals surface area contributed by atoms with Crippen molar-refractivity contribution in [2.24, 2.45) is 12.0 Å². The molecule has 1 aromatic carbocycles. The van der Waals surface area contributed by atoms with E-state index in [0.29, 0.717) is 13.1 Å². The molecular formula is C19H29FN6OS. The first-order valence-corrected chi connectivity index (χ1v) is 10.5. The molecule has 28 heavy (non-hydrogen) atoms. The summed E-state index contributed by atoms with van der Waals surface area (Å²) in [7, 11) is 5.32. The Morgan fingerprint density at radius 2 is 2.18 bits per heavy atom. The number of ether oxygens (including phenoxy) is 1. The lowest BCUT2D eigenvalue weighted by atomic mass is 10.2. The van der Waals surface area contributed by atoms with Gasteiger partial charge in [-0.05, 0) is 43.0 Å². The van der Waals surface area contributed by atoms with Crippen LogP contribution in [-0.2, 0) is 20.1 Å². The predicted octanol–water partition coefficient (Wildman–Crippen LogP) is 2.60. The van der Waals surface area contributed by atoms with Gasteiger partial charge in [0.2, 0.25) is 0 Å². The maximum absolute atomic E-state index is 14.0. The molecule has 0 aliphatic heterocycles. The van der Waals surface area contributed by atoms with Crippen LogP contribution in [-0.4, -0.2) is 58.3 Å². The third-order valence-electron chi connectivity index (χ3n) is 4.36. The van der Waals surface area contributed by atoms with E-state index in [9.17, 15) is 4.39 Å². The third kappa shape index (κ3) is 6.12. The van der Waals surface area contributed by atoms with Crippen molar-refractivity contribution in [1.82, 2.24) is 25.0 Å². The van der Waals surface area contributed by atoms with Crippen molar-refractivity contribution in [3.63, 3.8) is 0 Å². The molecule has 2 aromatic rings. The highest BCUT2D eigenvalue weighted by atomic mass is 32.2. The Morgan fingerprint density at radius 3 is 2.79 bits per heavy atom. The molecule has 0 aliphatic rings. The topological polar surface area (TPSA) is 67.6 Å². The average molecular weight is 409 g/mol. The number of benzene rings is 1. The van der Waals surface area contributed by atoms with Crippen LogP contribution in [0, 0.1) is 12.7 Å². The maximum Gasteiger partial charge on any atom is 0.194 e. The number of nitrogens with one attached hydrogen (secondary N) is 1. The van der Waals surface area contributed by atoms with Gasteiger partial charge < -0.3 is 19.5 Å². The predicted molar refractivity (Wildman–Crippen MR) is 112 cm³/mol. The number of aromatic nitrogens is 3. The minimum atomic E-state index is -0.366. The van der Waals surface area contributed by atoms with Gasteiger partial charge in [-0.2, -0.15) is 11.8 Å². The Kier molecular flexibility index (Phi) is 8.56. The van der Waals surface area contributed by atoms with Gasteiger partial charge in [0.15, 0.2) is 23.4 Å². The summed E-state index contributed by atoms with van der Waals surface area (Å²) in [5.41, 5.74) is 0.842. The quantitative estimate of drug-likeness (QED) is 0.391. The summed E-state index contributed by atoms with van der Waals surface area (Å²) < 4.78 is 20.9. The zero-order valence-corrected chi connectivity index (χ0v) is 18.0. The highest BCUT2D eigenvalue weighted by Crippen LogP contribution is 2.18. The van der Waals surface area contributed by atoms with Gasteiger partial charge in [-0.15, -0.1) is 10.2 Å². The molecule has 0 amide bonds. The van der Waals surface area contributed by atoms with E-state index >= 15 is 0 Å². The first-order valence-electron chi connectivity index (χ1n) is 9.12. The van der Waals surface area contributed by atoms with E-state index < -0.39 is 0 Å². The fourth-order valence-electron chi connectivity index (χ4n) is 2.62. The van der Waals surface area contributed by atoms with E-state index in [1.165, 1.54) is 13.2 Å². The Hall–Kier alpha value is -2.29. The average Bonchev–Trinajstić information content (AvgIpc) is 2.99. The Labute approximate surface area is 170 Å². The minimum Gasteiger partial charge on any atom is -0.494 e.